The Hall–Kier alpha value is -2.57. The Balaban J connectivity index is 1.60. The molecule has 134 valence electrons. The van der Waals surface area contributed by atoms with Crippen molar-refractivity contribution in [3.05, 3.63) is 69.5 Å². The van der Waals surface area contributed by atoms with Gasteiger partial charge in [0.15, 0.2) is 5.11 Å². The number of rotatable bonds is 5. The van der Waals surface area contributed by atoms with Crippen LogP contribution in [-0.4, -0.2) is 23.8 Å². The minimum Gasteiger partial charge on any atom is -0.497 e. The second-order valence-electron chi connectivity index (χ2n) is 5.71. The lowest BCUT2D eigenvalue weighted by Gasteiger charge is -2.11. The van der Waals surface area contributed by atoms with Crippen LogP contribution < -0.4 is 20.9 Å². The number of aromatic amines is 1. The number of aromatic nitrogens is 1. The monoisotopic (exact) mass is 387 g/mol. The molecular formula is C19H18ClN3O2S. The number of benzene rings is 2. The lowest BCUT2D eigenvalue weighted by atomic mass is 10.1. The van der Waals surface area contributed by atoms with E-state index >= 15 is 0 Å². The zero-order valence-corrected chi connectivity index (χ0v) is 15.7. The molecule has 0 aliphatic heterocycles. The van der Waals surface area contributed by atoms with E-state index < -0.39 is 0 Å². The Morgan fingerprint density at radius 2 is 1.96 bits per heavy atom. The fraction of sp³-hybridized carbons (Fsp3) is 0.158. The van der Waals surface area contributed by atoms with Crippen LogP contribution in [0.5, 0.6) is 5.75 Å². The number of hydrogen-bond acceptors (Lipinski definition) is 3. The van der Waals surface area contributed by atoms with Crippen LogP contribution in [-0.2, 0) is 6.42 Å². The SMILES string of the molecule is COc1ccc2cc(CCNC(=S)Nc3ccc(Cl)cc3)c(=O)[nH]c2c1. The lowest BCUT2D eigenvalue weighted by Crippen LogP contribution is -2.31. The van der Waals surface area contributed by atoms with Gasteiger partial charge in [0.05, 0.1) is 12.6 Å². The molecule has 5 nitrogen and oxygen atoms in total. The van der Waals surface area contributed by atoms with Crippen molar-refractivity contribution in [2.75, 3.05) is 19.0 Å². The van der Waals surface area contributed by atoms with Crippen molar-refractivity contribution in [2.24, 2.45) is 0 Å². The Kier molecular flexibility index (Phi) is 5.75. The van der Waals surface area contributed by atoms with Crippen molar-refractivity contribution in [3.63, 3.8) is 0 Å². The standard InChI is InChI=1S/C19H18ClN3O2S/c1-25-16-7-2-12-10-13(18(24)23-17(12)11-16)8-9-21-19(26)22-15-5-3-14(20)4-6-15/h2-7,10-11H,8-9H2,1H3,(H,23,24)(H2,21,22,26). The van der Waals surface area contributed by atoms with Gasteiger partial charge in [0.25, 0.3) is 5.56 Å². The van der Waals surface area contributed by atoms with E-state index in [1.165, 1.54) is 0 Å². The molecule has 2 aromatic carbocycles. The van der Waals surface area contributed by atoms with E-state index in [4.69, 9.17) is 28.6 Å². The van der Waals surface area contributed by atoms with Crippen LogP contribution in [0.4, 0.5) is 5.69 Å². The molecule has 0 spiro atoms. The predicted molar refractivity (Wildman–Crippen MR) is 111 cm³/mol. The van der Waals surface area contributed by atoms with Crippen LogP contribution >= 0.6 is 23.8 Å². The van der Waals surface area contributed by atoms with E-state index in [1.54, 1.807) is 19.2 Å². The van der Waals surface area contributed by atoms with Gasteiger partial charge in [-0.2, -0.15) is 0 Å². The topological polar surface area (TPSA) is 66.2 Å². The normalized spacial score (nSPS) is 10.5. The first-order chi connectivity index (χ1) is 12.5. The summed E-state index contributed by atoms with van der Waals surface area (Å²) in [6.07, 6.45) is 0.555. The van der Waals surface area contributed by atoms with Crippen molar-refractivity contribution in [1.82, 2.24) is 10.3 Å². The maximum absolute atomic E-state index is 12.2. The third-order valence-electron chi connectivity index (χ3n) is 3.91. The lowest BCUT2D eigenvalue weighted by molar-refractivity contribution is 0.415. The molecule has 0 fully saturated rings. The zero-order valence-electron chi connectivity index (χ0n) is 14.1. The van der Waals surface area contributed by atoms with Gasteiger partial charge in [0.1, 0.15) is 5.75 Å². The molecule has 1 aromatic heterocycles. The summed E-state index contributed by atoms with van der Waals surface area (Å²) in [5.41, 5.74) is 2.20. The van der Waals surface area contributed by atoms with Crippen molar-refractivity contribution < 1.29 is 4.74 Å². The number of pyridine rings is 1. The van der Waals surface area contributed by atoms with Crippen LogP contribution in [0.3, 0.4) is 0 Å². The van der Waals surface area contributed by atoms with Crippen molar-refractivity contribution in [3.8, 4) is 5.75 Å². The van der Waals surface area contributed by atoms with Gasteiger partial charge in [-0.05, 0) is 66.5 Å². The van der Waals surface area contributed by atoms with Gasteiger partial charge >= 0.3 is 0 Å². The number of fused-ring (bicyclic) bond motifs is 1. The average molecular weight is 388 g/mol. The molecule has 0 aliphatic rings. The first-order valence-corrected chi connectivity index (χ1v) is 8.84. The molecule has 3 N–H and O–H groups in total. The summed E-state index contributed by atoms with van der Waals surface area (Å²) in [6.45, 7) is 0.546. The van der Waals surface area contributed by atoms with Gasteiger partial charge in [0.2, 0.25) is 0 Å². The van der Waals surface area contributed by atoms with Gasteiger partial charge in [0, 0.05) is 28.9 Å². The summed E-state index contributed by atoms with van der Waals surface area (Å²) in [5, 5.41) is 8.30. The van der Waals surface area contributed by atoms with Gasteiger partial charge in [-0.1, -0.05) is 11.6 Å². The highest BCUT2D eigenvalue weighted by Crippen LogP contribution is 2.18. The van der Waals surface area contributed by atoms with Crippen molar-refractivity contribution >= 4 is 45.5 Å². The summed E-state index contributed by atoms with van der Waals surface area (Å²) < 4.78 is 5.18. The number of nitrogens with one attached hydrogen (secondary N) is 3. The highest BCUT2D eigenvalue weighted by Gasteiger charge is 2.05. The molecule has 0 amide bonds. The Labute approximate surface area is 161 Å². The zero-order chi connectivity index (χ0) is 18.5. The van der Waals surface area contributed by atoms with E-state index in [0.717, 1.165) is 16.6 Å². The number of thiocarbonyl (C=S) groups is 1. The molecule has 0 unspecified atom stereocenters. The molecule has 3 aromatic rings. The van der Waals surface area contributed by atoms with Gasteiger partial charge in [-0.3, -0.25) is 4.79 Å². The van der Waals surface area contributed by atoms with Gasteiger partial charge in [-0.15, -0.1) is 0 Å². The van der Waals surface area contributed by atoms with E-state index in [2.05, 4.69) is 15.6 Å². The maximum Gasteiger partial charge on any atom is 0.251 e. The second kappa shape index (κ2) is 8.21. The summed E-state index contributed by atoms with van der Waals surface area (Å²) in [4.78, 5) is 15.1. The van der Waals surface area contributed by atoms with E-state index in [-0.39, 0.29) is 5.56 Å². The summed E-state index contributed by atoms with van der Waals surface area (Å²) in [5.74, 6) is 0.709. The summed E-state index contributed by atoms with van der Waals surface area (Å²) in [7, 11) is 1.60. The number of halogens is 1. The number of anilines is 1. The van der Waals surface area contributed by atoms with Crippen molar-refractivity contribution in [1.29, 1.82) is 0 Å². The van der Waals surface area contributed by atoms with E-state index in [1.807, 2.05) is 36.4 Å². The van der Waals surface area contributed by atoms with Crippen LogP contribution in [0.2, 0.25) is 5.02 Å². The summed E-state index contributed by atoms with van der Waals surface area (Å²) >= 11 is 11.1. The minimum atomic E-state index is -0.107. The third-order valence-corrected chi connectivity index (χ3v) is 4.41. The third kappa shape index (κ3) is 4.53. The largest absolute Gasteiger partial charge is 0.497 e. The first kappa shape index (κ1) is 18.2. The highest BCUT2D eigenvalue weighted by molar-refractivity contribution is 7.80. The molecule has 0 saturated carbocycles. The second-order valence-corrected chi connectivity index (χ2v) is 6.56. The molecule has 26 heavy (non-hydrogen) atoms. The molecule has 0 radical (unpaired) electrons. The Morgan fingerprint density at radius 3 is 2.69 bits per heavy atom. The van der Waals surface area contributed by atoms with Gasteiger partial charge in [-0.25, -0.2) is 0 Å². The number of H-pyrrole nitrogens is 1. The highest BCUT2D eigenvalue weighted by atomic mass is 35.5. The average Bonchev–Trinajstić information content (AvgIpc) is 2.63. The number of hydrogen-bond donors (Lipinski definition) is 3. The molecule has 1 heterocycles. The Morgan fingerprint density at radius 1 is 1.19 bits per heavy atom. The van der Waals surface area contributed by atoms with Crippen LogP contribution in [0.15, 0.2) is 53.3 Å². The molecule has 7 heteroatoms. The number of ether oxygens (including phenoxy) is 1. The van der Waals surface area contributed by atoms with Crippen molar-refractivity contribution in [2.45, 2.75) is 6.42 Å². The fourth-order valence-electron chi connectivity index (χ4n) is 2.56. The van der Waals surface area contributed by atoms with Crippen LogP contribution in [0, 0.1) is 0 Å². The molecule has 0 bridgehead atoms. The Bertz CT molecular complexity index is 986. The van der Waals surface area contributed by atoms with Crippen LogP contribution in [0.25, 0.3) is 10.9 Å². The minimum absolute atomic E-state index is 0.107. The molecule has 0 atom stereocenters. The summed E-state index contributed by atoms with van der Waals surface area (Å²) in [6, 6.07) is 14.8. The molecule has 3 rings (SSSR count). The number of methoxy groups -OCH3 is 1. The first-order valence-electron chi connectivity index (χ1n) is 8.05. The van der Waals surface area contributed by atoms with E-state index in [9.17, 15) is 4.79 Å². The predicted octanol–water partition coefficient (Wildman–Crippen LogP) is 3.72. The fourth-order valence-corrected chi connectivity index (χ4v) is 2.90. The molecule has 0 aliphatic carbocycles. The molecular weight excluding hydrogens is 370 g/mol. The van der Waals surface area contributed by atoms with E-state index in [0.29, 0.717) is 34.4 Å². The maximum atomic E-state index is 12.2. The molecule has 0 saturated heterocycles. The smallest absolute Gasteiger partial charge is 0.251 e. The quantitative estimate of drug-likeness (QED) is 0.582. The van der Waals surface area contributed by atoms with Crippen LogP contribution in [0.1, 0.15) is 5.56 Å². The van der Waals surface area contributed by atoms with Gasteiger partial charge < -0.3 is 20.4 Å².